The second kappa shape index (κ2) is 12.7. The fraction of sp³-hybridized carbons (Fsp3) is 0.467. The molecule has 11 nitrogen and oxygen atoms in total. The number of amides is 4. The van der Waals surface area contributed by atoms with Crippen LogP contribution in [0.4, 0.5) is 18.4 Å². The fourth-order valence-corrected chi connectivity index (χ4v) is 6.33. The number of carbonyl (C=O) groups is 3. The van der Waals surface area contributed by atoms with E-state index in [0.717, 1.165) is 24.1 Å². The van der Waals surface area contributed by atoms with E-state index in [9.17, 15) is 28.3 Å². The van der Waals surface area contributed by atoms with Gasteiger partial charge in [-0.1, -0.05) is 12.1 Å². The van der Waals surface area contributed by atoms with Crippen molar-refractivity contribution in [3.63, 3.8) is 0 Å². The lowest BCUT2D eigenvalue weighted by molar-refractivity contribution is -0.137. The maximum Gasteiger partial charge on any atom is 0.338 e. The van der Waals surface area contributed by atoms with Gasteiger partial charge in [-0.2, -0.15) is 0 Å². The van der Waals surface area contributed by atoms with Gasteiger partial charge in [0.15, 0.2) is 11.6 Å². The monoisotopic (exact) mass is 599 g/mol. The number of methoxy groups -OCH3 is 2. The molecular formula is C30H35F2N5O6. The molecule has 2 aliphatic heterocycles. The molecule has 3 heterocycles. The third-order valence-electron chi connectivity index (χ3n) is 8.46. The molecule has 0 bridgehead atoms. The summed E-state index contributed by atoms with van der Waals surface area (Å²) in [5.41, 5.74) is -0.686. The van der Waals surface area contributed by atoms with Gasteiger partial charge in [0.1, 0.15) is 11.6 Å². The Hall–Kier alpha value is -3.94. The number of benzene rings is 1. The first-order valence-corrected chi connectivity index (χ1v) is 14.2. The molecule has 1 aromatic carbocycles. The van der Waals surface area contributed by atoms with Crippen LogP contribution in [0.3, 0.4) is 0 Å². The molecule has 0 unspecified atom stereocenters. The van der Waals surface area contributed by atoms with E-state index in [0.29, 0.717) is 50.9 Å². The second-order valence-electron chi connectivity index (χ2n) is 11.0. The van der Waals surface area contributed by atoms with Crippen LogP contribution in [0.1, 0.15) is 49.4 Å². The molecule has 4 amide bonds. The van der Waals surface area contributed by atoms with Crippen molar-refractivity contribution in [1.82, 2.24) is 25.4 Å². The van der Waals surface area contributed by atoms with Gasteiger partial charge in [-0.05, 0) is 68.5 Å². The normalized spacial score (nSPS) is 25.8. The highest BCUT2D eigenvalue weighted by atomic mass is 19.2. The number of carbonyl (C=O) groups excluding carboxylic acids is 3. The van der Waals surface area contributed by atoms with Crippen LogP contribution < -0.4 is 10.6 Å². The summed E-state index contributed by atoms with van der Waals surface area (Å²) in [4.78, 5) is 48.3. The van der Waals surface area contributed by atoms with Gasteiger partial charge in [0.05, 0.1) is 30.7 Å². The minimum atomic E-state index is -1.43. The largest absolute Gasteiger partial charge is 0.466 e. The number of aromatic nitrogens is 1. The number of urea groups is 2. The molecule has 1 aliphatic carbocycles. The van der Waals surface area contributed by atoms with Crippen LogP contribution in [0.5, 0.6) is 0 Å². The molecule has 13 heteroatoms. The molecule has 2 fully saturated rings. The molecule has 43 heavy (non-hydrogen) atoms. The van der Waals surface area contributed by atoms with Crippen molar-refractivity contribution in [2.24, 2.45) is 0 Å². The van der Waals surface area contributed by atoms with Gasteiger partial charge in [-0.15, -0.1) is 0 Å². The number of ether oxygens (including phenoxy) is 2. The molecule has 2 aromatic rings. The average molecular weight is 600 g/mol. The van der Waals surface area contributed by atoms with E-state index in [1.807, 2.05) is 6.07 Å². The summed E-state index contributed by atoms with van der Waals surface area (Å²) < 4.78 is 38.7. The lowest BCUT2D eigenvalue weighted by Gasteiger charge is -2.46. The van der Waals surface area contributed by atoms with Crippen molar-refractivity contribution in [2.45, 2.75) is 55.8 Å². The average Bonchev–Trinajstić information content (AvgIpc) is 3.54. The predicted molar refractivity (Wildman–Crippen MR) is 149 cm³/mol. The number of esters is 1. The van der Waals surface area contributed by atoms with E-state index in [1.165, 1.54) is 13.2 Å². The first-order valence-electron chi connectivity index (χ1n) is 14.2. The molecule has 3 aliphatic rings. The standard InChI is InChI=1S/C30H35F2N5O6/c1-42-17-23-25(27(38)43-2)26(18-6-7-21(31)22(32)15-18)37(28(39)35-23)29(40)36(20-10-14-33-16-20)19-8-11-30(41,12-9-19)24-5-3-4-13-34-24/h3-7,13,15,19-20,26,33,41H,8-12,14,16-17H2,1-2H3,(H,35,39)/t19?,20-,26+,30?/m1/s1. The van der Waals surface area contributed by atoms with Gasteiger partial charge in [0.2, 0.25) is 0 Å². The summed E-state index contributed by atoms with van der Waals surface area (Å²) >= 11 is 0. The number of aliphatic hydroxyl groups is 1. The zero-order chi connectivity index (χ0) is 30.7. The van der Waals surface area contributed by atoms with E-state index in [1.54, 1.807) is 23.2 Å². The number of imide groups is 1. The molecule has 5 rings (SSSR count). The van der Waals surface area contributed by atoms with Crippen LogP contribution in [0.15, 0.2) is 53.9 Å². The Kier molecular flexibility index (Phi) is 9.04. The van der Waals surface area contributed by atoms with Crippen LogP contribution in [0.2, 0.25) is 0 Å². The van der Waals surface area contributed by atoms with Crippen molar-refractivity contribution in [3.8, 4) is 0 Å². The number of halogens is 2. The number of pyridine rings is 1. The highest BCUT2D eigenvalue weighted by Crippen LogP contribution is 2.41. The van der Waals surface area contributed by atoms with Crippen molar-refractivity contribution in [1.29, 1.82) is 0 Å². The predicted octanol–water partition coefficient (Wildman–Crippen LogP) is 3.11. The summed E-state index contributed by atoms with van der Waals surface area (Å²) in [6.45, 7) is 0.930. The lowest BCUT2D eigenvalue weighted by Crippen LogP contribution is -2.60. The summed E-state index contributed by atoms with van der Waals surface area (Å²) in [7, 11) is 2.51. The zero-order valence-corrected chi connectivity index (χ0v) is 24.0. The topological polar surface area (TPSA) is 133 Å². The Morgan fingerprint density at radius 3 is 2.49 bits per heavy atom. The Morgan fingerprint density at radius 2 is 1.88 bits per heavy atom. The van der Waals surface area contributed by atoms with Crippen LogP contribution >= 0.6 is 0 Å². The second-order valence-corrected chi connectivity index (χ2v) is 11.0. The minimum Gasteiger partial charge on any atom is -0.466 e. The maximum atomic E-state index is 14.6. The van der Waals surface area contributed by atoms with Gasteiger partial charge in [0.25, 0.3) is 0 Å². The summed E-state index contributed by atoms with van der Waals surface area (Å²) in [5, 5.41) is 17.2. The third-order valence-corrected chi connectivity index (χ3v) is 8.46. The number of rotatable bonds is 7. The summed E-state index contributed by atoms with van der Waals surface area (Å²) in [6, 6.07) is 4.69. The molecule has 0 spiro atoms. The molecule has 1 aromatic heterocycles. The van der Waals surface area contributed by atoms with Gasteiger partial charge in [-0.25, -0.2) is 28.1 Å². The number of hydrogen-bond donors (Lipinski definition) is 3. The van der Waals surface area contributed by atoms with Gasteiger partial charge in [0, 0.05) is 31.9 Å². The fourth-order valence-electron chi connectivity index (χ4n) is 6.33. The maximum absolute atomic E-state index is 14.6. The zero-order valence-electron chi connectivity index (χ0n) is 24.0. The molecule has 230 valence electrons. The van der Waals surface area contributed by atoms with Crippen molar-refractivity contribution in [2.75, 3.05) is 33.9 Å². The van der Waals surface area contributed by atoms with Crippen LogP contribution in [-0.4, -0.2) is 83.9 Å². The van der Waals surface area contributed by atoms with Crippen molar-refractivity contribution in [3.05, 3.63) is 76.8 Å². The van der Waals surface area contributed by atoms with E-state index >= 15 is 0 Å². The Morgan fingerprint density at radius 1 is 1.12 bits per heavy atom. The number of nitrogens with one attached hydrogen (secondary N) is 2. The molecule has 2 atom stereocenters. The molecule has 1 saturated carbocycles. The SMILES string of the molecule is COCC1=C(C(=O)OC)[C@H](c2ccc(F)c(F)c2)N(C(=O)N(C2CCC(O)(c3ccccn3)CC2)[C@@H]2CCNC2)C(=O)N1. The summed E-state index contributed by atoms with van der Waals surface area (Å²) in [5.74, 6) is -3.19. The van der Waals surface area contributed by atoms with Crippen LogP contribution in [0, 0.1) is 11.6 Å². The lowest BCUT2D eigenvalue weighted by atomic mass is 9.79. The van der Waals surface area contributed by atoms with E-state index in [2.05, 4.69) is 15.6 Å². The molecule has 3 N–H and O–H groups in total. The van der Waals surface area contributed by atoms with E-state index in [4.69, 9.17) is 9.47 Å². The number of hydrogen-bond acceptors (Lipinski definition) is 8. The Bertz CT molecular complexity index is 1390. The Balaban J connectivity index is 1.55. The third kappa shape index (κ3) is 5.97. The van der Waals surface area contributed by atoms with Crippen LogP contribution in [-0.2, 0) is 19.9 Å². The summed E-state index contributed by atoms with van der Waals surface area (Å²) in [6.07, 6.45) is 3.76. The molecule has 1 saturated heterocycles. The highest BCUT2D eigenvalue weighted by molar-refractivity contribution is 6.02. The minimum absolute atomic E-state index is 0.00812. The first-order chi connectivity index (χ1) is 20.7. The Labute approximate surface area is 247 Å². The van der Waals surface area contributed by atoms with Crippen molar-refractivity contribution < 1.29 is 37.7 Å². The van der Waals surface area contributed by atoms with Gasteiger partial charge >= 0.3 is 18.0 Å². The van der Waals surface area contributed by atoms with Crippen molar-refractivity contribution >= 4 is 18.0 Å². The van der Waals surface area contributed by atoms with Gasteiger partial charge in [-0.3, -0.25) is 4.98 Å². The number of nitrogens with zero attached hydrogens (tertiary/aromatic N) is 3. The smallest absolute Gasteiger partial charge is 0.338 e. The van der Waals surface area contributed by atoms with Gasteiger partial charge < -0.3 is 30.1 Å². The first kappa shape index (κ1) is 30.5. The quantitative estimate of drug-likeness (QED) is 0.414. The van der Waals surface area contributed by atoms with E-state index < -0.39 is 41.3 Å². The highest BCUT2D eigenvalue weighted by Gasteiger charge is 2.48. The molecular weight excluding hydrogens is 564 g/mol. The molecule has 0 radical (unpaired) electrons. The van der Waals surface area contributed by atoms with E-state index in [-0.39, 0.29) is 35.5 Å². The van der Waals surface area contributed by atoms with Crippen LogP contribution in [0.25, 0.3) is 0 Å².